The number of dihydropyridines is 1. The Kier molecular flexibility index (Phi) is 7.25. The molecule has 5 heterocycles. The topological polar surface area (TPSA) is 122 Å². The zero-order chi connectivity index (χ0) is 27.0. The number of amides is 3. The number of hydrogen-bond acceptors (Lipinski definition) is 6. The number of pyridine rings is 1. The smallest absolute Gasteiger partial charge is 0.254 e. The van der Waals surface area contributed by atoms with Crippen molar-refractivity contribution >= 4 is 40.0 Å². The second-order valence-electron chi connectivity index (χ2n) is 10.7. The summed E-state index contributed by atoms with van der Waals surface area (Å²) in [6.07, 6.45) is 7.15. The number of nitrogens with zero attached hydrogens (tertiary/aromatic N) is 5. The lowest BCUT2D eigenvalue weighted by Gasteiger charge is -2.28. The highest BCUT2D eigenvalue weighted by atomic mass is 16.2. The van der Waals surface area contributed by atoms with Crippen LogP contribution in [0.3, 0.4) is 0 Å². The van der Waals surface area contributed by atoms with Gasteiger partial charge in [-0.2, -0.15) is 5.10 Å². The largest absolute Gasteiger partial charge is 0.351 e. The van der Waals surface area contributed by atoms with Gasteiger partial charge in [-0.3, -0.25) is 14.4 Å². The fourth-order valence-corrected chi connectivity index (χ4v) is 5.42. The Bertz CT molecular complexity index is 1380. The van der Waals surface area contributed by atoms with E-state index in [0.29, 0.717) is 47.5 Å². The number of carbonyl (C=O) groups excluding carboxylic acids is 3. The molecule has 0 spiro atoms. The van der Waals surface area contributed by atoms with Gasteiger partial charge >= 0.3 is 0 Å². The summed E-state index contributed by atoms with van der Waals surface area (Å²) in [7, 11) is 0. The van der Waals surface area contributed by atoms with Gasteiger partial charge < -0.3 is 15.5 Å². The molecular formula is C28H35N7O3. The maximum atomic E-state index is 13.5. The van der Waals surface area contributed by atoms with Crippen LogP contribution in [-0.4, -0.2) is 75.8 Å². The molecule has 10 heteroatoms. The van der Waals surface area contributed by atoms with Crippen LogP contribution < -0.4 is 10.6 Å². The van der Waals surface area contributed by atoms with Gasteiger partial charge in [0.2, 0.25) is 5.91 Å². The molecule has 2 aromatic rings. The van der Waals surface area contributed by atoms with Crippen LogP contribution in [0, 0.1) is 11.8 Å². The van der Waals surface area contributed by atoms with Crippen molar-refractivity contribution in [1.82, 2.24) is 30.3 Å². The number of hydrogen-bond donors (Lipinski definition) is 2. The molecule has 10 nitrogen and oxygen atoms in total. The minimum absolute atomic E-state index is 0.0549. The van der Waals surface area contributed by atoms with Crippen molar-refractivity contribution in [2.24, 2.45) is 16.8 Å². The fourth-order valence-electron chi connectivity index (χ4n) is 5.42. The lowest BCUT2D eigenvalue weighted by Crippen LogP contribution is -2.39. The molecule has 0 radical (unpaired) electrons. The lowest BCUT2D eigenvalue weighted by molar-refractivity contribution is -0.134. The van der Waals surface area contributed by atoms with Crippen LogP contribution in [0.1, 0.15) is 62.6 Å². The summed E-state index contributed by atoms with van der Waals surface area (Å²) in [5.74, 6) is -0.740. The third-order valence-electron chi connectivity index (χ3n) is 7.60. The summed E-state index contributed by atoms with van der Waals surface area (Å²) in [6.45, 7) is 10.7. The van der Waals surface area contributed by atoms with Crippen molar-refractivity contribution in [1.29, 1.82) is 0 Å². The highest BCUT2D eigenvalue weighted by Crippen LogP contribution is 2.28. The Morgan fingerprint density at radius 1 is 1.26 bits per heavy atom. The van der Waals surface area contributed by atoms with Gasteiger partial charge in [-0.15, -0.1) is 0 Å². The summed E-state index contributed by atoms with van der Waals surface area (Å²) < 4.78 is 1.82. The molecule has 3 aliphatic rings. The van der Waals surface area contributed by atoms with Gasteiger partial charge in [0.25, 0.3) is 11.8 Å². The van der Waals surface area contributed by atoms with Crippen molar-refractivity contribution in [3.63, 3.8) is 0 Å². The first-order valence-corrected chi connectivity index (χ1v) is 13.4. The molecule has 38 heavy (non-hydrogen) atoms. The first kappa shape index (κ1) is 26.0. The number of rotatable bonds is 6. The van der Waals surface area contributed by atoms with Crippen LogP contribution in [0.4, 0.5) is 0 Å². The van der Waals surface area contributed by atoms with Gasteiger partial charge in [0, 0.05) is 37.9 Å². The Morgan fingerprint density at radius 2 is 2.08 bits per heavy atom. The molecule has 2 unspecified atom stereocenters. The molecule has 3 amide bonds. The molecule has 2 atom stereocenters. The fraction of sp³-hybridized carbons (Fsp3) is 0.500. The number of aliphatic imine (C=N–C) groups is 1. The number of carbonyl (C=O) groups is 3. The van der Waals surface area contributed by atoms with Gasteiger partial charge in [0.15, 0.2) is 5.65 Å². The van der Waals surface area contributed by atoms with E-state index in [1.54, 1.807) is 13.1 Å². The highest BCUT2D eigenvalue weighted by Gasteiger charge is 2.29. The molecule has 5 rings (SSSR count). The first-order chi connectivity index (χ1) is 18.2. The van der Waals surface area contributed by atoms with E-state index >= 15 is 0 Å². The van der Waals surface area contributed by atoms with Crippen LogP contribution in [0.5, 0.6) is 0 Å². The number of nitrogens with one attached hydrogen (secondary N) is 2. The molecule has 0 aliphatic carbocycles. The van der Waals surface area contributed by atoms with Crippen LogP contribution in [0.25, 0.3) is 16.6 Å². The minimum atomic E-state index is -0.475. The summed E-state index contributed by atoms with van der Waals surface area (Å²) in [5.41, 5.74) is 4.40. The van der Waals surface area contributed by atoms with Gasteiger partial charge in [0.1, 0.15) is 0 Å². The number of fused-ring (bicyclic) bond motifs is 1. The van der Waals surface area contributed by atoms with Gasteiger partial charge in [-0.05, 0) is 64.8 Å². The van der Waals surface area contributed by atoms with E-state index in [-0.39, 0.29) is 36.2 Å². The standard InChI is InChI=1S/C28H35N7O3/c1-16(2)35-25-23(15-31-35)21(26(36)30-14-22-17(3)11-18(4)32-27(22)37)12-24(33-25)19-6-9-34(10-7-19)28(38)20-5-8-29-13-20/h6,11-12,15-16,20,22,29H,5,7-10,13-14H2,1-4H3,(H,30,36). The quantitative estimate of drug-likeness (QED) is 0.607. The molecule has 0 bridgehead atoms. The molecule has 200 valence electrons. The van der Waals surface area contributed by atoms with E-state index in [1.165, 1.54) is 0 Å². The van der Waals surface area contributed by atoms with Gasteiger partial charge in [0.05, 0.1) is 34.7 Å². The molecule has 0 saturated carbocycles. The lowest BCUT2D eigenvalue weighted by atomic mass is 9.95. The SMILES string of the molecule is CC1=CC(C)=NC(=O)C1CNC(=O)c1cc(C2=CCN(C(=O)C3CCNC3)CC2)nc2c1cnn2C(C)C. The Hall–Kier alpha value is -3.66. The third-order valence-corrected chi connectivity index (χ3v) is 7.60. The molecule has 3 aliphatic heterocycles. The second-order valence-corrected chi connectivity index (χ2v) is 10.7. The van der Waals surface area contributed by atoms with Crippen molar-refractivity contribution in [3.05, 3.63) is 41.2 Å². The van der Waals surface area contributed by atoms with Crippen molar-refractivity contribution in [2.45, 2.75) is 46.6 Å². The summed E-state index contributed by atoms with van der Waals surface area (Å²) >= 11 is 0. The number of allylic oxidation sites excluding steroid dienone is 1. The highest BCUT2D eigenvalue weighted by molar-refractivity contribution is 6.07. The summed E-state index contributed by atoms with van der Waals surface area (Å²) in [6, 6.07) is 1.87. The van der Waals surface area contributed by atoms with Crippen molar-refractivity contribution < 1.29 is 14.4 Å². The molecule has 2 aromatic heterocycles. The van der Waals surface area contributed by atoms with Crippen molar-refractivity contribution in [3.8, 4) is 0 Å². The molecule has 1 fully saturated rings. The van der Waals surface area contributed by atoms with Crippen molar-refractivity contribution in [2.75, 3.05) is 32.7 Å². The maximum Gasteiger partial charge on any atom is 0.254 e. The molecular weight excluding hydrogens is 482 g/mol. The molecule has 2 N–H and O–H groups in total. The van der Waals surface area contributed by atoms with E-state index in [9.17, 15) is 14.4 Å². The third kappa shape index (κ3) is 5.05. The van der Waals surface area contributed by atoms with Gasteiger partial charge in [-0.25, -0.2) is 14.7 Å². The zero-order valence-electron chi connectivity index (χ0n) is 22.5. The van der Waals surface area contributed by atoms with E-state index in [4.69, 9.17) is 4.98 Å². The normalized spacial score (nSPS) is 22.0. The van der Waals surface area contributed by atoms with E-state index in [0.717, 1.165) is 30.7 Å². The molecule has 0 aromatic carbocycles. The predicted molar refractivity (Wildman–Crippen MR) is 146 cm³/mol. The predicted octanol–water partition coefficient (Wildman–Crippen LogP) is 2.53. The zero-order valence-corrected chi connectivity index (χ0v) is 22.5. The van der Waals surface area contributed by atoms with E-state index in [2.05, 4.69) is 20.7 Å². The van der Waals surface area contributed by atoms with E-state index < -0.39 is 5.92 Å². The van der Waals surface area contributed by atoms with Crippen LogP contribution in [-0.2, 0) is 9.59 Å². The minimum Gasteiger partial charge on any atom is -0.351 e. The van der Waals surface area contributed by atoms with Crippen LogP contribution in [0.2, 0.25) is 0 Å². The van der Waals surface area contributed by atoms with Gasteiger partial charge in [-0.1, -0.05) is 11.6 Å². The average Bonchev–Trinajstić information content (AvgIpc) is 3.57. The summed E-state index contributed by atoms with van der Waals surface area (Å²) in [5, 5.41) is 11.4. The monoisotopic (exact) mass is 517 g/mol. The average molecular weight is 518 g/mol. The Labute approximate surface area is 222 Å². The first-order valence-electron chi connectivity index (χ1n) is 13.4. The maximum absolute atomic E-state index is 13.5. The summed E-state index contributed by atoms with van der Waals surface area (Å²) in [4.78, 5) is 49.6. The molecule has 1 saturated heterocycles. The second kappa shape index (κ2) is 10.6. The number of aromatic nitrogens is 3. The van der Waals surface area contributed by atoms with Crippen LogP contribution in [0.15, 0.2) is 35.0 Å². The van der Waals surface area contributed by atoms with Crippen LogP contribution >= 0.6 is 0 Å². The Morgan fingerprint density at radius 3 is 2.74 bits per heavy atom. The van der Waals surface area contributed by atoms with E-state index in [1.807, 2.05) is 48.6 Å². The Balaban J connectivity index is 1.40.